The third-order valence-electron chi connectivity index (χ3n) is 3.34. The number of hydrogen-bond acceptors (Lipinski definition) is 4. The molecule has 154 valence electrons. The number of aliphatic imine (C=N–C) groups is 1. The van der Waals surface area contributed by atoms with Gasteiger partial charge in [0, 0.05) is 37.9 Å². The minimum atomic E-state index is -4.29. The number of rotatable bonds is 7. The highest BCUT2D eigenvalue weighted by Crippen LogP contribution is 2.32. The summed E-state index contributed by atoms with van der Waals surface area (Å²) in [5.74, 6) is 1.92. The van der Waals surface area contributed by atoms with Crippen molar-refractivity contribution in [1.82, 2.24) is 5.32 Å². The van der Waals surface area contributed by atoms with E-state index in [0.29, 0.717) is 50.2 Å². The maximum atomic E-state index is 12.0. The molecule has 1 aliphatic rings. The summed E-state index contributed by atoms with van der Waals surface area (Å²) in [6, 6.07) is 5.52. The van der Waals surface area contributed by atoms with Gasteiger partial charge in [0.25, 0.3) is 0 Å². The van der Waals surface area contributed by atoms with Crippen molar-refractivity contribution in [2.45, 2.75) is 25.9 Å². The highest BCUT2D eigenvalue weighted by molar-refractivity contribution is 14.0. The van der Waals surface area contributed by atoms with Gasteiger partial charge < -0.3 is 24.8 Å². The Balaban J connectivity index is 0.00000364. The van der Waals surface area contributed by atoms with E-state index in [-0.39, 0.29) is 30.6 Å². The number of benzene rings is 1. The molecule has 0 amide bonds. The van der Waals surface area contributed by atoms with Crippen molar-refractivity contribution < 1.29 is 27.4 Å². The molecule has 0 radical (unpaired) electrons. The molecule has 1 aromatic rings. The molecule has 27 heavy (non-hydrogen) atoms. The zero-order chi connectivity index (χ0) is 18.8. The molecule has 1 aliphatic heterocycles. The third kappa shape index (κ3) is 9.36. The van der Waals surface area contributed by atoms with Gasteiger partial charge in [-0.05, 0) is 25.5 Å². The van der Waals surface area contributed by atoms with Gasteiger partial charge in [-0.3, -0.25) is 4.99 Å². The molecule has 0 aromatic heterocycles. The first-order chi connectivity index (χ1) is 12.5. The van der Waals surface area contributed by atoms with Gasteiger partial charge in [0.05, 0.1) is 13.2 Å². The van der Waals surface area contributed by atoms with Gasteiger partial charge in [0.1, 0.15) is 6.61 Å². The molecular formula is C17H25F3IN3O3. The summed E-state index contributed by atoms with van der Waals surface area (Å²) in [6.45, 7) is 2.93. The van der Waals surface area contributed by atoms with E-state index < -0.39 is 12.8 Å². The van der Waals surface area contributed by atoms with Crippen LogP contribution in [0.15, 0.2) is 23.2 Å². The van der Waals surface area contributed by atoms with E-state index in [4.69, 9.17) is 9.47 Å². The van der Waals surface area contributed by atoms with Crippen molar-refractivity contribution in [3.63, 3.8) is 0 Å². The van der Waals surface area contributed by atoms with Crippen LogP contribution in [0.1, 0.15) is 19.8 Å². The molecule has 0 aliphatic carbocycles. The molecule has 1 aromatic carbocycles. The minimum Gasteiger partial charge on any atom is -0.490 e. The fourth-order valence-electron chi connectivity index (χ4n) is 2.23. The molecule has 0 spiro atoms. The Labute approximate surface area is 173 Å². The Hall–Kier alpha value is -1.43. The summed E-state index contributed by atoms with van der Waals surface area (Å²) in [7, 11) is 0. The van der Waals surface area contributed by atoms with Gasteiger partial charge in [-0.25, -0.2) is 0 Å². The highest BCUT2D eigenvalue weighted by Gasteiger charge is 2.27. The monoisotopic (exact) mass is 503 g/mol. The first-order valence-electron chi connectivity index (χ1n) is 8.57. The van der Waals surface area contributed by atoms with Crippen LogP contribution in [0.5, 0.6) is 11.5 Å². The van der Waals surface area contributed by atoms with Crippen molar-refractivity contribution in [3.05, 3.63) is 18.2 Å². The van der Waals surface area contributed by atoms with Gasteiger partial charge in [0.2, 0.25) is 0 Å². The van der Waals surface area contributed by atoms with Crippen LogP contribution in [0.3, 0.4) is 0 Å². The smallest absolute Gasteiger partial charge is 0.411 e. The highest BCUT2D eigenvalue weighted by atomic mass is 127. The van der Waals surface area contributed by atoms with E-state index in [0.717, 1.165) is 12.1 Å². The van der Waals surface area contributed by atoms with Gasteiger partial charge in [-0.15, -0.1) is 24.0 Å². The summed E-state index contributed by atoms with van der Waals surface area (Å²) in [4.78, 5) is 4.33. The van der Waals surface area contributed by atoms with Crippen molar-refractivity contribution in [1.29, 1.82) is 0 Å². The topological polar surface area (TPSA) is 64.1 Å². The van der Waals surface area contributed by atoms with Crippen LogP contribution in [0.2, 0.25) is 0 Å². The number of nitrogens with one attached hydrogen (secondary N) is 2. The molecule has 0 unspecified atom stereocenters. The van der Waals surface area contributed by atoms with Crippen LogP contribution in [0.25, 0.3) is 0 Å². The predicted octanol–water partition coefficient (Wildman–Crippen LogP) is 3.81. The summed E-state index contributed by atoms with van der Waals surface area (Å²) in [5, 5.41) is 6.23. The fourth-order valence-corrected chi connectivity index (χ4v) is 2.23. The predicted molar refractivity (Wildman–Crippen MR) is 109 cm³/mol. The average Bonchev–Trinajstić information content (AvgIpc) is 2.82. The lowest BCUT2D eigenvalue weighted by atomic mass is 10.3. The second-order valence-corrected chi connectivity index (χ2v) is 5.62. The number of anilines is 1. The lowest BCUT2D eigenvalue weighted by molar-refractivity contribution is -0.173. The van der Waals surface area contributed by atoms with E-state index in [1.807, 2.05) is 25.1 Å². The van der Waals surface area contributed by atoms with Gasteiger partial charge in [-0.2, -0.15) is 13.2 Å². The summed E-state index contributed by atoms with van der Waals surface area (Å²) < 4.78 is 51.8. The number of ether oxygens (including phenoxy) is 3. The van der Waals surface area contributed by atoms with Crippen LogP contribution in [0, 0.1) is 0 Å². The zero-order valence-electron chi connectivity index (χ0n) is 15.1. The molecule has 0 bridgehead atoms. The molecule has 2 rings (SSSR count). The van der Waals surface area contributed by atoms with Crippen LogP contribution in [0.4, 0.5) is 18.9 Å². The maximum absolute atomic E-state index is 12.0. The lowest BCUT2D eigenvalue weighted by Gasteiger charge is -2.14. The van der Waals surface area contributed by atoms with E-state index >= 15 is 0 Å². The Bertz CT molecular complexity index is 601. The second kappa shape index (κ2) is 12.1. The lowest BCUT2D eigenvalue weighted by Crippen LogP contribution is -2.30. The molecular weight excluding hydrogens is 478 g/mol. The first-order valence-corrected chi connectivity index (χ1v) is 8.57. The normalized spacial score (nSPS) is 14.1. The molecule has 0 atom stereocenters. The van der Waals surface area contributed by atoms with Crippen LogP contribution >= 0.6 is 24.0 Å². The van der Waals surface area contributed by atoms with E-state index in [9.17, 15) is 13.2 Å². The number of hydrogen-bond donors (Lipinski definition) is 2. The molecule has 6 nitrogen and oxygen atoms in total. The Kier molecular flexibility index (Phi) is 10.6. The summed E-state index contributed by atoms with van der Waals surface area (Å²) in [5.41, 5.74) is 0.780. The summed E-state index contributed by atoms with van der Waals surface area (Å²) in [6.07, 6.45) is -3.07. The first kappa shape index (κ1) is 23.6. The number of alkyl halides is 3. The van der Waals surface area contributed by atoms with Crippen LogP contribution in [-0.4, -0.2) is 51.7 Å². The average molecular weight is 503 g/mol. The van der Waals surface area contributed by atoms with Crippen molar-refractivity contribution in [2.75, 3.05) is 44.8 Å². The number of guanidine groups is 1. The van der Waals surface area contributed by atoms with Gasteiger partial charge in [0.15, 0.2) is 17.5 Å². The molecule has 1 heterocycles. The number of halogens is 4. The molecule has 0 saturated heterocycles. The van der Waals surface area contributed by atoms with Crippen molar-refractivity contribution >= 4 is 35.6 Å². The standard InChI is InChI=1S/C17H24F3N3O3.HI/c1-2-21-16(22-7-3-8-24-12-17(18,19)20)23-13-5-6-14-15(11-13)26-10-4-9-25-14;/h5-6,11H,2-4,7-10,12H2,1H3,(H2,21,22,23);1H. The minimum absolute atomic E-state index is 0. The number of nitrogens with zero attached hydrogens (tertiary/aromatic N) is 1. The maximum Gasteiger partial charge on any atom is 0.411 e. The molecule has 2 N–H and O–H groups in total. The van der Waals surface area contributed by atoms with E-state index in [1.165, 1.54) is 0 Å². The van der Waals surface area contributed by atoms with Crippen molar-refractivity contribution in [2.24, 2.45) is 4.99 Å². The second-order valence-electron chi connectivity index (χ2n) is 5.62. The van der Waals surface area contributed by atoms with Crippen LogP contribution in [-0.2, 0) is 4.74 Å². The number of fused-ring (bicyclic) bond motifs is 1. The molecule has 0 fully saturated rings. The van der Waals surface area contributed by atoms with E-state index in [1.54, 1.807) is 0 Å². The van der Waals surface area contributed by atoms with Gasteiger partial charge >= 0.3 is 6.18 Å². The summed E-state index contributed by atoms with van der Waals surface area (Å²) >= 11 is 0. The SMILES string of the molecule is CCNC(=NCCCOCC(F)(F)F)Nc1ccc2c(c1)OCCCO2.I. The largest absolute Gasteiger partial charge is 0.490 e. The molecule has 10 heteroatoms. The fraction of sp³-hybridized carbons (Fsp3) is 0.588. The Morgan fingerprint density at radius 2 is 1.96 bits per heavy atom. The van der Waals surface area contributed by atoms with Crippen LogP contribution < -0.4 is 20.1 Å². The van der Waals surface area contributed by atoms with Crippen molar-refractivity contribution in [3.8, 4) is 11.5 Å². The quantitative estimate of drug-likeness (QED) is 0.257. The zero-order valence-corrected chi connectivity index (χ0v) is 17.4. The Morgan fingerprint density at radius 1 is 1.22 bits per heavy atom. The van der Waals surface area contributed by atoms with E-state index in [2.05, 4.69) is 20.4 Å². The van der Waals surface area contributed by atoms with Gasteiger partial charge in [-0.1, -0.05) is 0 Å². The Morgan fingerprint density at radius 3 is 2.67 bits per heavy atom. The molecule has 0 saturated carbocycles. The third-order valence-corrected chi connectivity index (χ3v) is 3.34.